The molecule has 0 amide bonds. The number of hydrogen-bond acceptors (Lipinski definition) is 5. The van der Waals surface area contributed by atoms with Gasteiger partial charge in [-0.25, -0.2) is 4.79 Å². The summed E-state index contributed by atoms with van der Waals surface area (Å²) in [4.78, 5) is 12.9. The molecule has 18 heavy (non-hydrogen) atoms. The van der Waals surface area contributed by atoms with Crippen LogP contribution in [0.3, 0.4) is 0 Å². The first-order valence-corrected chi connectivity index (χ1v) is 5.75. The Morgan fingerprint density at radius 1 is 1.56 bits per heavy atom. The second kappa shape index (κ2) is 5.66. The first-order chi connectivity index (χ1) is 8.72. The van der Waals surface area contributed by atoms with E-state index >= 15 is 0 Å². The van der Waals surface area contributed by atoms with Crippen LogP contribution in [0.5, 0.6) is 0 Å². The number of carbonyl (C=O) groups is 1. The number of anilines is 1. The largest absolute Gasteiger partial charge is 0.466 e. The van der Waals surface area contributed by atoms with Gasteiger partial charge in [-0.15, -0.1) is 0 Å². The minimum Gasteiger partial charge on any atom is -0.466 e. The van der Waals surface area contributed by atoms with Crippen molar-refractivity contribution in [2.75, 3.05) is 25.1 Å². The van der Waals surface area contributed by atoms with Crippen LogP contribution in [0.25, 0.3) is 6.08 Å². The lowest BCUT2D eigenvalue weighted by molar-refractivity contribution is -0.134. The highest BCUT2D eigenvalue weighted by atomic mass is 16.5. The van der Waals surface area contributed by atoms with Gasteiger partial charge in [0, 0.05) is 24.9 Å². The summed E-state index contributed by atoms with van der Waals surface area (Å²) >= 11 is 0. The molecule has 0 radical (unpaired) electrons. The van der Waals surface area contributed by atoms with E-state index in [1.165, 1.54) is 13.2 Å². The van der Waals surface area contributed by atoms with Gasteiger partial charge >= 0.3 is 5.97 Å². The van der Waals surface area contributed by atoms with Crippen molar-refractivity contribution in [3.05, 3.63) is 35.9 Å². The maximum absolute atomic E-state index is 11.1. The highest BCUT2D eigenvalue weighted by molar-refractivity contribution is 5.88. The minimum atomic E-state index is -0.683. The van der Waals surface area contributed by atoms with Crippen molar-refractivity contribution >= 4 is 17.7 Å². The van der Waals surface area contributed by atoms with Crippen LogP contribution >= 0.6 is 0 Å². The Labute approximate surface area is 106 Å². The van der Waals surface area contributed by atoms with Crippen molar-refractivity contribution in [1.29, 1.82) is 0 Å². The third-order valence-electron chi connectivity index (χ3n) is 2.82. The molecule has 1 saturated heterocycles. The molecule has 1 aromatic carbocycles. The second-order valence-electron chi connectivity index (χ2n) is 3.94. The summed E-state index contributed by atoms with van der Waals surface area (Å²) in [6, 6.07) is 7.58. The van der Waals surface area contributed by atoms with Crippen LogP contribution < -0.4 is 10.2 Å². The fourth-order valence-electron chi connectivity index (χ4n) is 1.91. The van der Waals surface area contributed by atoms with E-state index in [4.69, 9.17) is 0 Å². The molecule has 5 nitrogen and oxygen atoms in total. The summed E-state index contributed by atoms with van der Waals surface area (Å²) in [7, 11) is 1.34. The molecule has 0 spiro atoms. The average molecular weight is 248 g/mol. The van der Waals surface area contributed by atoms with E-state index in [1.54, 1.807) is 6.08 Å². The Morgan fingerprint density at radius 2 is 2.33 bits per heavy atom. The average Bonchev–Trinajstić information content (AvgIpc) is 2.82. The van der Waals surface area contributed by atoms with Gasteiger partial charge < -0.3 is 14.7 Å². The predicted octanol–water partition coefficient (Wildman–Crippen LogP) is 0.558. The van der Waals surface area contributed by atoms with Crippen molar-refractivity contribution in [3.8, 4) is 0 Å². The lowest BCUT2D eigenvalue weighted by Crippen LogP contribution is -2.35. The Balaban J connectivity index is 2.25. The standard InChI is InChI=1S/C13H16N2O3/c1-18-12(16)7-6-10-4-2-3-5-11(10)15-9-8-14-13(15)17/h2-7,13-14,17H,8-9H2,1H3/b7-6+. The van der Waals surface area contributed by atoms with E-state index in [1.807, 2.05) is 29.2 Å². The number of para-hydroxylation sites is 1. The number of ether oxygens (including phenoxy) is 1. The van der Waals surface area contributed by atoms with Gasteiger partial charge in [0.1, 0.15) is 0 Å². The highest BCUT2D eigenvalue weighted by Gasteiger charge is 2.22. The molecule has 0 aliphatic carbocycles. The first kappa shape index (κ1) is 12.6. The van der Waals surface area contributed by atoms with E-state index in [2.05, 4.69) is 10.1 Å². The zero-order valence-corrected chi connectivity index (χ0v) is 10.2. The third-order valence-corrected chi connectivity index (χ3v) is 2.82. The van der Waals surface area contributed by atoms with Crippen molar-refractivity contribution in [2.45, 2.75) is 6.35 Å². The summed E-state index contributed by atoms with van der Waals surface area (Å²) in [6.07, 6.45) is 2.37. The van der Waals surface area contributed by atoms with E-state index < -0.39 is 12.3 Å². The Hall–Kier alpha value is -1.85. The molecule has 2 rings (SSSR count). The number of esters is 1. The van der Waals surface area contributed by atoms with Crippen LogP contribution in [0.1, 0.15) is 5.56 Å². The van der Waals surface area contributed by atoms with Gasteiger partial charge in [0.2, 0.25) is 0 Å². The summed E-state index contributed by atoms with van der Waals surface area (Å²) in [6.45, 7) is 1.46. The van der Waals surface area contributed by atoms with Gasteiger partial charge in [0.15, 0.2) is 6.35 Å². The quantitative estimate of drug-likeness (QED) is 0.604. The molecule has 1 fully saturated rings. The zero-order chi connectivity index (χ0) is 13.0. The molecular weight excluding hydrogens is 232 g/mol. The molecule has 0 bridgehead atoms. The molecule has 2 N–H and O–H groups in total. The fraction of sp³-hybridized carbons (Fsp3) is 0.308. The molecular formula is C13H16N2O3. The van der Waals surface area contributed by atoms with Crippen LogP contribution in [0.2, 0.25) is 0 Å². The van der Waals surface area contributed by atoms with E-state index in [-0.39, 0.29) is 0 Å². The van der Waals surface area contributed by atoms with Crippen LogP contribution in [0.4, 0.5) is 5.69 Å². The maximum atomic E-state index is 11.1. The Bertz CT molecular complexity index is 459. The molecule has 1 aliphatic heterocycles. The highest BCUT2D eigenvalue weighted by Crippen LogP contribution is 2.24. The van der Waals surface area contributed by atoms with E-state index in [0.29, 0.717) is 0 Å². The van der Waals surface area contributed by atoms with Crippen molar-refractivity contribution in [3.63, 3.8) is 0 Å². The lowest BCUT2D eigenvalue weighted by atomic mass is 10.1. The monoisotopic (exact) mass is 248 g/mol. The number of rotatable bonds is 3. The number of methoxy groups -OCH3 is 1. The molecule has 1 aromatic rings. The number of hydrogen-bond donors (Lipinski definition) is 2. The molecule has 1 unspecified atom stereocenters. The number of benzene rings is 1. The molecule has 1 heterocycles. The molecule has 5 heteroatoms. The molecule has 1 aliphatic rings. The third kappa shape index (κ3) is 2.69. The van der Waals surface area contributed by atoms with Gasteiger partial charge in [-0.3, -0.25) is 5.32 Å². The summed E-state index contributed by atoms with van der Waals surface area (Å²) in [5.74, 6) is -0.398. The predicted molar refractivity (Wildman–Crippen MR) is 68.8 cm³/mol. The minimum absolute atomic E-state index is 0.398. The summed E-state index contributed by atoms with van der Waals surface area (Å²) < 4.78 is 4.56. The van der Waals surface area contributed by atoms with Gasteiger partial charge in [0.25, 0.3) is 0 Å². The number of aliphatic hydroxyl groups is 1. The van der Waals surface area contributed by atoms with Gasteiger partial charge in [0.05, 0.1) is 7.11 Å². The van der Waals surface area contributed by atoms with E-state index in [0.717, 1.165) is 24.3 Å². The second-order valence-corrected chi connectivity index (χ2v) is 3.94. The lowest BCUT2D eigenvalue weighted by Gasteiger charge is -2.23. The van der Waals surface area contributed by atoms with Crippen LogP contribution in [-0.4, -0.2) is 37.6 Å². The van der Waals surface area contributed by atoms with E-state index in [9.17, 15) is 9.90 Å². The van der Waals surface area contributed by atoms with Crippen molar-refractivity contribution < 1.29 is 14.6 Å². The number of nitrogens with zero attached hydrogens (tertiary/aromatic N) is 1. The van der Waals surface area contributed by atoms with Gasteiger partial charge in [-0.05, 0) is 17.7 Å². The Morgan fingerprint density at radius 3 is 3.00 bits per heavy atom. The van der Waals surface area contributed by atoms with Crippen molar-refractivity contribution in [2.24, 2.45) is 0 Å². The van der Waals surface area contributed by atoms with Crippen LogP contribution in [-0.2, 0) is 9.53 Å². The normalized spacial score (nSPS) is 19.4. The smallest absolute Gasteiger partial charge is 0.330 e. The zero-order valence-electron chi connectivity index (χ0n) is 10.2. The first-order valence-electron chi connectivity index (χ1n) is 5.75. The molecule has 1 atom stereocenters. The van der Waals surface area contributed by atoms with Crippen molar-refractivity contribution in [1.82, 2.24) is 5.32 Å². The Kier molecular flexibility index (Phi) is 3.96. The van der Waals surface area contributed by atoms with Crippen LogP contribution in [0, 0.1) is 0 Å². The van der Waals surface area contributed by atoms with Gasteiger partial charge in [-0.1, -0.05) is 18.2 Å². The fourth-order valence-corrected chi connectivity index (χ4v) is 1.91. The summed E-state index contributed by atoms with van der Waals surface area (Å²) in [5.41, 5.74) is 1.75. The number of nitrogens with one attached hydrogen (secondary N) is 1. The summed E-state index contributed by atoms with van der Waals surface area (Å²) in [5, 5.41) is 12.7. The van der Waals surface area contributed by atoms with Crippen LogP contribution in [0.15, 0.2) is 30.3 Å². The molecule has 0 saturated carbocycles. The maximum Gasteiger partial charge on any atom is 0.330 e. The van der Waals surface area contributed by atoms with Gasteiger partial charge in [-0.2, -0.15) is 0 Å². The molecule has 0 aromatic heterocycles. The SMILES string of the molecule is COC(=O)/C=C/c1ccccc1N1CCNC1O. The number of carbonyl (C=O) groups excluding carboxylic acids is 1. The number of aliphatic hydroxyl groups excluding tert-OH is 1. The topological polar surface area (TPSA) is 61.8 Å². The molecule has 96 valence electrons.